The molecule has 104 valence electrons. The van der Waals surface area contributed by atoms with E-state index in [9.17, 15) is 8.42 Å². The van der Waals surface area contributed by atoms with Crippen LogP contribution in [0.5, 0.6) is 0 Å². The van der Waals surface area contributed by atoms with Crippen molar-refractivity contribution >= 4 is 22.2 Å². The molecule has 1 aromatic carbocycles. The molecule has 4 N–H and O–H groups in total. The van der Waals surface area contributed by atoms with Crippen molar-refractivity contribution in [2.24, 2.45) is 5.73 Å². The normalized spacial score (nSPS) is 16.5. The lowest BCUT2D eigenvalue weighted by atomic mass is 9.95. The smallest absolute Gasteiger partial charge is 0.168 e. The first-order chi connectivity index (χ1) is 9.08. The highest BCUT2D eigenvalue weighted by Gasteiger charge is 2.15. The number of hydrogen-bond donors (Lipinski definition) is 4. The minimum Gasteiger partial charge on any atom is -0.384 e. The predicted octanol–water partition coefficient (Wildman–Crippen LogP) is 1.69. The molecule has 1 aliphatic carbocycles. The lowest BCUT2D eigenvalue weighted by molar-refractivity contribution is 0.462. The SMILES string of the molecule is N=C(N)c1cc([SH](=O)=O)ccc1NC1CCCCC1. The minimum atomic E-state index is -2.65. The van der Waals surface area contributed by atoms with Crippen molar-refractivity contribution in [1.82, 2.24) is 0 Å². The molecule has 5 nitrogen and oxygen atoms in total. The molecule has 0 radical (unpaired) electrons. The molecule has 1 aliphatic rings. The van der Waals surface area contributed by atoms with E-state index in [2.05, 4.69) is 5.32 Å². The largest absolute Gasteiger partial charge is 0.384 e. The Morgan fingerprint density at radius 2 is 1.95 bits per heavy atom. The van der Waals surface area contributed by atoms with Crippen LogP contribution in [0.4, 0.5) is 5.69 Å². The van der Waals surface area contributed by atoms with Gasteiger partial charge in [-0.15, -0.1) is 0 Å². The molecule has 0 heterocycles. The Kier molecular flexibility index (Phi) is 4.42. The van der Waals surface area contributed by atoms with E-state index in [0.29, 0.717) is 11.6 Å². The summed E-state index contributed by atoms with van der Waals surface area (Å²) < 4.78 is 22.0. The van der Waals surface area contributed by atoms with Crippen LogP contribution in [-0.4, -0.2) is 20.3 Å². The number of nitrogens with one attached hydrogen (secondary N) is 2. The van der Waals surface area contributed by atoms with Gasteiger partial charge in [0.2, 0.25) is 0 Å². The second-order valence-electron chi connectivity index (χ2n) is 4.88. The van der Waals surface area contributed by atoms with Gasteiger partial charge in [-0.2, -0.15) is 0 Å². The Morgan fingerprint density at radius 3 is 2.53 bits per heavy atom. The van der Waals surface area contributed by atoms with Crippen molar-refractivity contribution in [1.29, 1.82) is 5.41 Å². The maximum absolute atomic E-state index is 11.0. The fourth-order valence-electron chi connectivity index (χ4n) is 2.46. The average Bonchev–Trinajstić information content (AvgIpc) is 2.39. The van der Waals surface area contributed by atoms with Gasteiger partial charge in [-0.3, -0.25) is 5.41 Å². The second kappa shape index (κ2) is 6.06. The summed E-state index contributed by atoms with van der Waals surface area (Å²) >= 11 is 0. The number of benzene rings is 1. The number of amidine groups is 1. The van der Waals surface area contributed by atoms with Gasteiger partial charge >= 0.3 is 0 Å². The molecule has 1 aromatic rings. The van der Waals surface area contributed by atoms with Crippen LogP contribution in [0.2, 0.25) is 0 Å². The number of anilines is 1. The van der Waals surface area contributed by atoms with Crippen LogP contribution >= 0.6 is 0 Å². The van der Waals surface area contributed by atoms with Crippen molar-refractivity contribution in [2.75, 3.05) is 5.32 Å². The van der Waals surface area contributed by atoms with Crippen LogP contribution < -0.4 is 11.1 Å². The van der Waals surface area contributed by atoms with Crippen LogP contribution in [0, 0.1) is 5.41 Å². The topological polar surface area (TPSA) is 96.0 Å². The Morgan fingerprint density at radius 1 is 1.26 bits per heavy atom. The Hall–Kier alpha value is -1.56. The summed E-state index contributed by atoms with van der Waals surface area (Å²) in [5, 5.41) is 11.0. The number of nitrogens with two attached hydrogens (primary N) is 1. The first-order valence-corrected chi connectivity index (χ1v) is 7.65. The summed E-state index contributed by atoms with van der Waals surface area (Å²) in [5.41, 5.74) is 6.75. The fraction of sp³-hybridized carbons (Fsp3) is 0.462. The van der Waals surface area contributed by atoms with E-state index in [1.807, 2.05) is 0 Å². The molecular weight excluding hydrogens is 262 g/mol. The monoisotopic (exact) mass is 281 g/mol. The summed E-state index contributed by atoms with van der Waals surface area (Å²) in [6, 6.07) is 5.09. The standard InChI is InChI=1S/C13H19N3O2S/c14-13(15)11-8-10(19(17)18)6-7-12(11)16-9-4-2-1-3-5-9/h6-9,16,19H,1-5H2,(H3,14,15). The van der Waals surface area contributed by atoms with E-state index in [1.54, 1.807) is 12.1 Å². The van der Waals surface area contributed by atoms with Crippen LogP contribution in [0.3, 0.4) is 0 Å². The average molecular weight is 281 g/mol. The predicted molar refractivity (Wildman–Crippen MR) is 76.5 cm³/mol. The van der Waals surface area contributed by atoms with E-state index >= 15 is 0 Å². The third-order valence-electron chi connectivity index (χ3n) is 3.47. The number of nitrogen functional groups attached to an aromatic ring is 1. The van der Waals surface area contributed by atoms with Gasteiger partial charge in [-0.1, -0.05) is 19.3 Å². The molecule has 1 saturated carbocycles. The second-order valence-corrected chi connectivity index (χ2v) is 5.91. The molecule has 19 heavy (non-hydrogen) atoms. The number of rotatable bonds is 4. The maximum Gasteiger partial charge on any atom is 0.168 e. The summed E-state index contributed by atoms with van der Waals surface area (Å²) in [7, 11) is -2.65. The van der Waals surface area contributed by atoms with Gasteiger partial charge in [0.25, 0.3) is 0 Å². The first-order valence-electron chi connectivity index (χ1n) is 6.47. The quantitative estimate of drug-likeness (QED) is 0.383. The summed E-state index contributed by atoms with van der Waals surface area (Å²) in [4.78, 5) is 0.189. The zero-order valence-electron chi connectivity index (χ0n) is 10.7. The molecule has 1 fully saturated rings. The summed E-state index contributed by atoms with van der Waals surface area (Å²) in [6.07, 6.45) is 5.90. The summed E-state index contributed by atoms with van der Waals surface area (Å²) in [6.45, 7) is 0. The van der Waals surface area contributed by atoms with Crippen molar-refractivity contribution in [2.45, 2.75) is 43.0 Å². The molecular formula is C13H19N3O2S. The van der Waals surface area contributed by atoms with Gasteiger partial charge < -0.3 is 11.1 Å². The fourth-order valence-corrected chi connectivity index (χ4v) is 2.89. The number of hydrogen-bond acceptors (Lipinski definition) is 4. The Labute approximate surface area is 114 Å². The Balaban J connectivity index is 2.25. The number of thiol groups is 1. The van der Waals surface area contributed by atoms with E-state index in [1.165, 1.54) is 25.3 Å². The van der Waals surface area contributed by atoms with Gasteiger partial charge in [0.1, 0.15) is 5.84 Å². The van der Waals surface area contributed by atoms with Crippen LogP contribution in [0.25, 0.3) is 0 Å². The van der Waals surface area contributed by atoms with Gasteiger partial charge in [-0.25, -0.2) is 8.42 Å². The molecule has 0 aromatic heterocycles. The van der Waals surface area contributed by atoms with Crippen LogP contribution in [0.15, 0.2) is 23.1 Å². The van der Waals surface area contributed by atoms with E-state index in [4.69, 9.17) is 11.1 Å². The summed E-state index contributed by atoms with van der Waals surface area (Å²) in [5.74, 6) is -0.114. The molecule has 0 unspecified atom stereocenters. The van der Waals surface area contributed by atoms with Gasteiger partial charge in [0.05, 0.1) is 4.90 Å². The first kappa shape index (κ1) is 13.9. The van der Waals surface area contributed by atoms with Crippen LogP contribution in [0.1, 0.15) is 37.7 Å². The van der Waals surface area contributed by atoms with Crippen molar-refractivity contribution < 1.29 is 8.42 Å². The van der Waals surface area contributed by atoms with Crippen molar-refractivity contribution in [3.8, 4) is 0 Å². The van der Waals surface area contributed by atoms with Gasteiger partial charge in [-0.05, 0) is 31.0 Å². The molecule has 0 aliphatic heterocycles. The van der Waals surface area contributed by atoms with Crippen molar-refractivity contribution in [3.05, 3.63) is 23.8 Å². The highest BCUT2D eigenvalue weighted by Crippen LogP contribution is 2.24. The molecule has 0 bridgehead atoms. The zero-order chi connectivity index (χ0) is 13.8. The molecule has 0 amide bonds. The molecule has 2 rings (SSSR count). The molecule has 0 spiro atoms. The van der Waals surface area contributed by atoms with E-state index in [-0.39, 0.29) is 10.7 Å². The van der Waals surface area contributed by atoms with Gasteiger partial charge in [0.15, 0.2) is 10.7 Å². The minimum absolute atomic E-state index is 0.114. The van der Waals surface area contributed by atoms with Crippen molar-refractivity contribution in [3.63, 3.8) is 0 Å². The lowest BCUT2D eigenvalue weighted by Gasteiger charge is -2.25. The third-order valence-corrected chi connectivity index (χ3v) is 4.17. The lowest BCUT2D eigenvalue weighted by Crippen LogP contribution is -2.24. The van der Waals surface area contributed by atoms with E-state index in [0.717, 1.165) is 18.5 Å². The molecule has 0 saturated heterocycles. The Bertz CT molecular complexity index is 541. The highest BCUT2D eigenvalue weighted by molar-refractivity contribution is 7.72. The van der Waals surface area contributed by atoms with Gasteiger partial charge in [0, 0.05) is 17.3 Å². The molecule has 6 heteroatoms. The van der Waals surface area contributed by atoms with E-state index < -0.39 is 10.7 Å². The third kappa shape index (κ3) is 3.47. The zero-order valence-corrected chi connectivity index (χ0v) is 11.6. The molecule has 0 atom stereocenters. The highest BCUT2D eigenvalue weighted by atomic mass is 32.2. The maximum atomic E-state index is 11.0. The van der Waals surface area contributed by atoms with Crippen LogP contribution in [-0.2, 0) is 10.7 Å².